The molecule has 0 radical (unpaired) electrons. The molecule has 2 atom stereocenters. The maximum atomic E-state index is 11.6. The predicted molar refractivity (Wildman–Crippen MR) is 84.1 cm³/mol. The highest BCUT2D eigenvalue weighted by atomic mass is 35.5. The maximum absolute atomic E-state index is 11.6. The number of carbonyl (C=O) groups excluding carboxylic acids is 1. The van der Waals surface area contributed by atoms with Crippen molar-refractivity contribution in [3.05, 3.63) is 28.2 Å². The number of aliphatic hydroxyl groups is 1. The van der Waals surface area contributed by atoms with E-state index in [2.05, 4.69) is 5.32 Å². The molecule has 0 aromatic heterocycles. The third-order valence-electron chi connectivity index (χ3n) is 2.80. The van der Waals surface area contributed by atoms with Crippen LogP contribution in [0, 0.1) is 0 Å². The highest BCUT2D eigenvalue weighted by Crippen LogP contribution is 2.27. The number of hydrogen-bond donors (Lipinski definition) is 2. The van der Waals surface area contributed by atoms with E-state index in [1.807, 2.05) is 0 Å². The molecule has 1 amide bonds. The Balaban J connectivity index is 2.39. The molecule has 118 valence electrons. The van der Waals surface area contributed by atoms with Gasteiger partial charge in [-0.25, -0.2) is 0 Å². The Morgan fingerprint density at radius 1 is 1.43 bits per heavy atom. The van der Waals surface area contributed by atoms with Crippen molar-refractivity contribution in [2.24, 2.45) is 0 Å². The van der Waals surface area contributed by atoms with Crippen LogP contribution in [0.15, 0.2) is 18.2 Å². The van der Waals surface area contributed by atoms with E-state index >= 15 is 0 Å². The molecule has 7 heteroatoms. The number of benzene rings is 1. The molecule has 5 nitrogen and oxygen atoms in total. The van der Waals surface area contributed by atoms with Crippen molar-refractivity contribution >= 4 is 29.1 Å². The minimum absolute atomic E-state index is 0.0515. The lowest BCUT2D eigenvalue weighted by Crippen LogP contribution is -2.45. The van der Waals surface area contributed by atoms with Gasteiger partial charge in [0, 0.05) is 31.7 Å². The number of likely N-dealkylation sites (N-methyl/N-ethyl adjacent to an activating group) is 1. The van der Waals surface area contributed by atoms with E-state index in [9.17, 15) is 9.90 Å². The third-order valence-corrected chi connectivity index (χ3v) is 3.34. The van der Waals surface area contributed by atoms with E-state index in [0.29, 0.717) is 15.8 Å². The first-order valence-electron chi connectivity index (χ1n) is 6.51. The van der Waals surface area contributed by atoms with Crippen LogP contribution in [0.1, 0.15) is 6.92 Å². The van der Waals surface area contributed by atoms with Crippen molar-refractivity contribution in [1.82, 2.24) is 10.2 Å². The van der Waals surface area contributed by atoms with Crippen LogP contribution >= 0.6 is 23.2 Å². The molecule has 0 spiro atoms. The van der Waals surface area contributed by atoms with Crippen LogP contribution in [0.3, 0.4) is 0 Å². The van der Waals surface area contributed by atoms with Crippen LogP contribution in [-0.2, 0) is 4.79 Å². The lowest BCUT2D eigenvalue weighted by molar-refractivity contribution is -0.130. The summed E-state index contributed by atoms with van der Waals surface area (Å²) in [6.07, 6.45) is -0.766. The number of hydrogen-bond acceptors (Lipinski definition) is 4. The van der Waals surface area contributed by atoms with E-state index in [-0.39, 0.29) is 25.1 Å². The molecule has 1 aromatic rings. The minimum Gasteiger partial charge on any atom is -0.489 e. The molecule has 2 unspecified atom stereocenters. The van der Waals surface area contributed by atoms with E-state index in [0.717, 1.165) is 0 Å². The molecule has 21 heavy (non-hydrogen) atoms. The van der Waals surface area contributed by atoms with Gasteiger partial charge >= 0.3 is 0 Å². The molecule has 0 fully saturated rings. The van der Waals surface area contributed by atoms with Crippen molar-refractivity contribution in [2.45, 2.75) is 19.1 Å². The summed E-state index contributed by atoms with van der Waals surface area (Å²) < 4.78 is 5.42. The molecule has 1 rings (SSSR count). The summed E-state index contributed by atoms with van der Waals surface area (Å²) in [5, 5.41) is 13.7. The topological polar surface area (TPSA) is 61.8 Å². The number of rotatable bonds is 7. The average Bonchev–Trinajstić information content (AvgIpc) is 2.44. The molecule has 1 aromatic carbocycles. The van der Waals surface area contributed by atoms with E-state index in [4.69, 9.17) is 27.9 Å². The number of nitrogens with one attached hydrogen (secondary N) is 1. The molecule has 0 aliphatic rings. The summed E-state index contributed by atoms with van der Waals surface area (Å²) >= 11 is 11.8. The van der Waals surface area contributed by atoms with E-state index in [1.165, 1.54) is 4.90 Å². The van der Waals surface area contributed by atoms with Crippen molar-refractivity contribution in [2.75, 3.05) is 27.2 Å². The molecule has 0 aliphatic carbocycles. The van der Waals surface area contributed by atoms with Gasteiger partial charge in [0.2, 0.25) is 5.91 Å². The van der Waals surface area contributed by atoms with Gasteiger partial charge < -0.3 is 20.1 Å². The zero-order valence-electron chi connectivity index (χ0n) is 12.3. The summed E-state index contributed by atoms with van der Waals surface area (Å²) in [6.45, 7) is 2.03. The van der Waals surface area contributed by atoms with E-state index in [1.54, 1.807) is 39.2 Å². The van der Waals surface area contributed by atoms with Crippen LogP contribution in [0.25, 0.3) is 0 Å². The van der Waals surface area contributed by atoms with Gasteiger partial charge in [0.05, 0.1) is 11.1 Å². The normalized spacial score (nSPS) is 13.6. The summed E-state index contributed by atoms with van der Waals surface area (Å²) in [4.78, 5) is 13.1. The van der Waals surface area contributed by atoms with Gasteiger partial charge in [0.15, 0.2) is 0 Å². The van der Waals surface area contributed by atoms with E-state index < -0.39 is 6.10 Å². The zero-order chi connectivity index (χ0) is 16.0. The first-order valence-corrected chi connectivity index (χ1v) is 7.27. The fourth-order valence-electron chi connectivity index (χ4n) is 1.62. The number of amides is 1. The monoisotopic (exact) mass is 334 g/mol. The molecular weight excluding hydrogens is 315 g/mol. The molecular formula is C14H20Cl2N2O3. The van der Waals surface area contributed by atoms with Crippen molar-refractivity contribution in [1.29, 1.82) is 0 Å². The first kappa shape index (κ1) is 18.0. The molecule has 0 heterocycles. The highest BCUT2D eigenvalue weighted by Gasteiger charge is 2.16. The molecule has 0 aliphatic heterocycles. The number of carbonyl (C=O) groups is 1. The lowest BCUT2D eigenvalue weighted by atomic mass is 10.2. The predicted octanol–water partition coefficient (Wildman–Crippen LogP) is 1.80. The highest BCUT2D eigenvalue weighted by molar-refractivity contribution is 6.34. The second-order valence-corrected chi connectivity index (χ2v) is 5.75. The van der Waals surface area contributed by atoms with Gasteiger partial charge in [-0.3, -0.25) is 4.79 Å². The second kappa shape index (κ2) is 8.44. The Bertz CT molecular complexity index is 483. The van der Waals surface area contributed by atoms with Gasteiger partial charge in [0.1, 0.15) is 18.5 Å². The zero-order valence-corrected chi connectivity index (χ0v) is 13.8. The Labute approximate surface area is 134 Å². The smallest absolute Gasteiger partial charge is 0.238 e. The van der Waals surface area contributed by atoms with Crippen LogP contribution < -0.4 is 10.1 Å². The third kappa shape index (κ3) is 6.09. The fourth-order valence-corrected chi connectivity index (χ4v) is 1.95. The quantitative estimate of drug-likeness (QED) is 0.798. The minimum atomic E-state index is -0.766. The fraction of sp³-hybridized carbons (Fsp3) is 0.500. The number of aliphatic hydroxyl groups excluding tert-OH is 1. The standard InChI is InChI=1S/C14H20Cl2N2O3/c1-9(14(20)18(2)3)17-7-11(19)8-21-13-6-10(15)4-5-12(13)16/h4-6,9,11,17,19H,7-8H2,1-3H3. The van der Waals surface area contributed by atoms with Crippen LogP contribution in [0.4, 0.5) is 0 Å². The van der Waals surface area contributed by atoms with Crippen LogP contribution in [0.2, 0.25) is 10.0 Å². The van der Waals surface area contributed by atoms with Crippen molar-refractivity contribution in [3.8, 4) is 5.75 Å². The summed E-state index contributed by atoms with van der Waals surface area (Å²) in [6, 6.07) is 4.50. The summed E-state index contributed by atoms with van der Waals surface area (Å²) in [5.41, 5.74) is 0. The van der Waals surface area contributed by atoms with Crippen LogP contribution in [0.5, 0.6) is 5.75 Å². The molecule has 2 N–H and O–H groups in total. The molecule has 0 saturated heterocycles. The van der Waals surface area contributed by atoms with Crippen LogP contribution in [-0.4, -0.2) is 55.3 Å². The van der Waals surface area contributed by atoms with Gasteiger partial charge in [-0.2, -0.15) is 0 Å². The summed E-state index contributed by atoms with van der Waals surface area (Å²) in [7, 11) is 3.36. The Morgan fingerprint density at radius 3 is 2.71 bits per heavy atom. The number of ether oxygens (including phenoxy) is 1. The summed E-state index contributed by atoms with van der Waals surface area (Å²) in [5.74, 6) is 0.363. The largest absolute Gasteiger partial charge is 0.489 e. The molecule has 0 saturated carbocycles. The second-order valence-electron chi connectivity index (χ2n) is 4.90. The van der Waals surface area contributed by atoms with Gasteiger partial charge in [-0.15, -0.1) is 0 Å². The first-order chi connectivity index (χ1) is 9.81. The van der Waals surface area contributed by atoms with Gasteiger partial charge in [-0.1, -0.05) is 23.2 Å². The Hall–Kier alpha value is -1.01. The van der Waals surface area contributed by atoms with Crippen molar-refractivity contribution < 1.29 is 14.6 Å². The van der Waals surface area contributed by atoms with Gasteiger partial charge in [-0.05, 0) is 19.1 Å². The Morgan fingerprint density at radius 2 is 2.10 bits per heavy atom. The SMILES string of the molecule is CC(NCC(O)COc1cc(Cl)ccc1Cl)C(=O)N(C)C. The number of nitrogens with zero attached hydrogens (tertiary/aromatic N) is 1. The van der Waals surface area contributed by atoms with Crippen molar-refractivity contribution in [3.63, 3.8) is 0 Å². The van der Waals surface area contributed by atoms with Gasteiger partial charge in [0.25, 0.3) is 0 Å². The average molecular weight is 335 g/mol. The lowest BCUT2D eigenvalue weighted by Gasteiger charge is -2.20. The molecule has 0 bridgehead atoms. The Kier molecular flexibility index (Phi) is 7.25. The maximum Gasteiger partial charge on any atom is 0.238 e. The number of halogens is 2.